The molecule has 1 saturated heterocycles. The van der Waals surface area contributed by atoms with E-state index >= 15 is 0 Å². The average molecular weight is 110 g/mol. The zero-order valence-corrected chi connectivity index (χ0v) is 6.52. The molecule has 0 radical (unpaired) electrons. The van der Waals surface area contributed by atoms with Gasteiger partial charge in [-0.05, 0) is 6.42 Å². The molecule has 0 spiro atoms. The van der Waals surface area contributed by atoms with Crippen LogP contribution in [-0.4, -0.2) is 19.3 Å². The van der Waals surface area contributed by atoms with E-state index in [1.54, 1.807) is 0 Å². The Morgan fingerprint density at radius 1 is 1.57 bits per heavy atom. The minimum absolute atomic E-state index is 0. The molecule has 0 N–H and O–H groups in total. The summed E-state index contributed by atoms with van der Waals surface area (Å²) in [6.07, 6.45) is 0.282. The van der Waals surface area contributed by atoms with Gasteiger partial charge < -0.3 is 9.84 Å². The van der Waals surface area contributed by atoms with Crippen LogP contribution in [0.2, 0.25) is 0 Å². The molecular weight excluding hydrogens is 103 g/mol. The third-order valence-electron chi connectivity index (χ3n) is 0.888. The molecular formula is C4H7NaO2. The van der Waals surface area contributed by atoms with Crippen LogP contribution in [0.3, 0.4) is 0 Å². The van der Waals surface area contributed by atoms with Crippen molar-refractivity contribution in [1.82, 2.24) is 0 Å². The first-order valence-corrected chi connectivity index (χ1v) is 2.13. The summed E-state index contributed by atoms with van der Waals surface area (Å²) in [7, 11) is 0. The van der Waals surface area contributed by atoms with Crippen molar-refractivity contribution in [3.05, 3.63) is 0 Å². The van der Waals surface area contributed by atoms with Crippen molar-refractivity contribution < 1.29 is 39.4 Å². The Morgan fingerprint density at radius 3 is 2.43 bits per heavy atom. The van der Waals surface area contributed by atoms with E-state index in [-0.39, 0.29) is 29.6 Å². The first-order chi connectivity index (χ1) is 2.89. The molecule has 0 aromatic heterocycles. The summed E-state index contributed by atoms with van der Waals surface area (Å²) in [5.74, 6) is 0. The average Bonchev–Trinajstić information content (AvgIpc) is 1.86. The quantitative estimate of drug-likeness (QED) is 0.299. The molecule has 0 amide bonds. The van der Waals surface area contributed by atoms with Crippen LogP contribution < -0.4 is 34.7 Å². The van der Waals surface area contributed by atoms with Crippen LogP contribution in [0.1, 0.15) is 6.42 Å². The van der Waals surface area contributed by atoms with Crippen LogP contribution in [0.25, 0.3) is 0 Å². The molecule has 1 aliphatic rings. The van der Waals surface area contributed by atoms with Crippen LogP contribution in [0.4, 0.5) is 0 Å². The molecule has 36 valence electrons. The molecule has 1 aliphatic heterocycles. The minimum atomic E-state index is -0.426. The van der Waals surface area contributed by atoms with Gasteiger partial charge in [-0.25, -0.2) is 0 Å². The second kappa shape index (κ2) is 3.87. The maximum atomic E-state index is 10.2. The fraction of sp³-hybridized carbons (Fsp3) is 1.00. The Kier molecular flexibility index (Phi) is 4.37. The smallest absolute Gasteiger partial charge is 0.850 e. The summed E-state index contributed by atoms with van der Waals surface area (Å²) < 4.78 is 4.74. The number of rotatable bonds is 0. The van der Waals surface area contributed by atoms with Crippen LogP contribution in [0.5, 0.6) is 0 Å². The van der Waals surface area contributed by atoms with E-state index in [2.05, 4.69) is 0 Å². The molecule has 1 atom stereocenters. The zero-order valence-electron chi connectivity index (χ0n) is 4.52. The van der Waals surface area contributed by atoms with Crippen molar-refractivity contribution >= 4 is 0 Å². The second-order valence-corrected chi connectivity index (χ2v) is 1.49. The zero-order chi connectivity index (χ0) is 4.41. The molecule has 0 bridgehead atoms. The van der Waals surface area contributed by atoms with E-state index in [1.807, 2.05) is 0 Å². The summed E-state index contributed by atoms with van der Waals surface area (Å²) in [5.41, 5.74) is 0. The van der Waals surface area contributed by atoms with Gasteiger partial charge in [-0.2, -0.15) is 0 Å². The van der Waals surface area contributed by atoms with Gasteiger partial charge in [0.1, 0.15) is 0 Å². The van der Waals surface area contributed by atoms with Gasteiger partial charge in [-0.15, -0.1) is 6.10 Å². The summed E-state index contributed by atoms with van der Waals surface area (Å²) in [4.78, 5) is 0. The van der Waals surface area contributed by atoms with Gasteiger partial charge in [0.25, 0.3) is 0 Å². The summed E-state index contributed by atoms with van der Waals surface area (Å²) in [6.45, 7) is 1.11. The van der Waals surface area contributed by atoms with Crippen molar-refractivity contribution in [2.75, 3.05) is 13.2 Å². The Hall–Kier alpha value is 0.920. The maximum absolute atomic E-state index is 10.2. The van der Waals surface area contributed by atoms with Gasteiger partial charge in [-0.1, -0.05) is 0 Å². The molecule has 0 aliphatic carbocycles. The topological polar surface area (TPSA) is 32.3 Å². The van der Waals surface area contributed by atoms with Crippen molar-refractivity contribution in [3.8, 4) is 0 Å². The van der Waals surface area contributed by atoms with Crippen LogP contribution in [-0.2, 0) is 4.74 Å². The van der Waals surface area contributed by atoms with Crippen molar-refractivity contribution in [1.29, 1.82) is 0 Å². The van der Waals surface area contributed by atoms with E-state index < -0.39 is 6.10 Å². The fourth-order valence-electron chi connectivity index (χ4n) is 0.513. The fourth-order valence-corrected chi connectivity index (χ4v) is 0.513. The van der Waals surface area contributed by atoms with Crippen LogP contribution >= 0.6 is 0 Å². The summed E-state index contributed by atoms with van der Waals surface area (Å²) >= 11 is 0. The van der Waals surface area contributed by atoms with Gasteiger partial charge in [0.05, 0.1) is 0 Å². The van der Waals surface area contributed by atoms with E-state index in [1.165, 1.54) is 0 Å². The molecule has 1 heterocycles. The van der Waals surface area contributed by atoms with Crippen molar-refractivity contribution in [2.24, 2.45) is 0 Å². The van der Waals surface area contributed by atoms with Gasteiger partial charge in [0.2, 0.25) is 0 Å². The van der Waals surface area contributed by atoms with Gasteiger partial charge in [-0.3, -0.25) is 0 Å². The van der Waals surface area contributed by atoms with Gasteiger partial charge >= 0.3 is 29.6 Å². The molecule has 0 aromatic rings. The Morgan fingerprint density at radius 2 is 2.29 bits per heavy atom. The largest absolute Gasteiger partial charge is 1.00 e. The Balaban J connectivity index is 0.000000360. The predicted octanol–water partition coefficient (Wildman–Crippen LogP) is -3.86. The first kappa shape index (κ1) is 7.92. The van der Waals surface area contributed by atoms with Crippen molar-refractivity contribution in [3.63, 3.8) is 0 Å². The molecule has 0 aromatic carbocycles. The van der Waals surface area contributed by atoms with Gasteiger partial charge in [0, 0.05) is 13.2 Å². The molecule has 7 heavy (non-hydrogen) atoms. The number of hydrogen-bond acceptors (Lipinski definition) is 2. The monoisotopic (exact) mass is 110 g/mol. The summed E-state index contributed by atoms with van der Waals surface area (Å²) in [6, 6.07) is 0. The summed E-state index contributed by atoms with van der Waals surface area (Å²) in [5, 5.41) is 10.2. The van der Waals surface area contributed by atoms with Crippen molar-refractivity contribution in [2.45, 2.75) is 12.5 Å². The maximum Gasteiger partial charge on any atom is 1.00 e. The molecule has 1 fully saturated rings. The molecule has 0 saturated carbocycles. The number of hydrogen-bond donors (Lipinski definition) is 0. The third-order valence-corrected chi connectivity index (χ3v) is 0.888. The Bertz CT molecular complexity index is 43.0. The van der Waals surface area contributed by atoms with E-state index in [4.69, 9.17) is 4.74 Å². The van der Waals surface area contributed by atoms with Crippen LogP contribution in [0.15, 0.2) is 0 Å². The molecule has 2 nitrogen and oxygen atoms in total. The Labute approximate surface area is 65.1 Å². The first-order valence-electron chi connectivity index (χ1n) is 2.13. The number of ether oxygens (including phenoxy) is 1. The third kappa shape index (κ3) is 2.67. The van der Waals surface area contributed by atoms with E-state index in [0.717, 1.165) is 0 Å². The molecule has 3 heteroatoms. The van der Waals surface area contributed by atoms with E-state index in [0.29, 0.717) is 19.6 Å². The molecule has 1 rings (SSSR count). The minimum Gasteiger partial charge on any atom is -0.850 e. The van der Waals surface area contributed by atoms with Gasteiger partial charge in [0.15, 0.2) is 0 Å². The normalized spacial score (nSPS) is 29.6. The molecule has 1 unspecified atom stereocenters. The predicted molar refractivity (Wildman–Crippen MR) is 19.2 cm³/mol. The standard InChI is InChI=1S/C4H7O2.Na/c5-4-1-2-6-3-4;/h4H,1-3H2;/q-1;+1. The SMILES string of the molecule is [Na+].[O-]C1CCOC1. The van der Waals surface area contributed by atoms with Crippen LogP contribution in [0, 0.1) is 0 Å². The second-order valence-electron chi connectivity index (χ2n) is 1.49. The van der Waals surface area contributed by atoms with E-state index in [9.17, 15) is 5.11 Å².